The summed E-state index contributed by atoms with van der Waals surface area (Å²) < 4.78 is 11.2. The van der Waals surface area contributed by atoms with Crippen LogP contribution >= 0.6 is 0 Å². The van der Waals surface area contributed by atoms with E-state index in [-0.39, 0.29) is 6.09 Å². The summed E-state index contributed by atoms with van der Waals surface area (Å²) in [6, 6.07) is 0. The van der Waals surface area contributed by atoms with Crippen LogP contribution < -0.4 is 5.32 Å². The lowest BCUT2D eigenvalue weighted by molar-refractivity contribution is 0.0144. The molecule has 2 unspecified atom stereocenters. The first-order chi connectivity index (χ1) is 10.8. The summed E-state index contributed by atoms with van der Waals surface area (Å²) in [4.78, 5) is 16.2. The summed E-state index contributed by atoms with van der Waals surface area (Å²) in [6.07, 6.45) is 2.96. The molecule has 2 rings (SSSR count). The van der Waals surface area contributed by atoms with E-state index in [0.29, 0.717) is 12.2 Å². The van der Waals surface area contributed by atoms with E-state index in [1.54, 1.807) is 0 Å². The molecule has 0 bridgehead atoms. The summed E-state index contributed by atoms with van der Waals surface area (Å²) in [6.45, 7) is 14.1. The Kier molecular flexibility index (Phi) is 6.68. The van der Waals surface area contributed by atoms with Gasteiger partial charge in [-0.2, -0.15) is 0 Å². The number of amides is 1. The van der Waals surface area contributed by atoms with E-state index in [1.807, 2.05) is 25.7 Å². The first kappa shape index (κ1) is 18.5. The van der Waals surface area contributed by atoms with Gasteiger partial charge in [0, 0.05) is 45.8 Å². The highest BCUT2D eigenvalue weighted by molar-refractivity contribution is 5.68. The summed E-state index contributed by atoms with van der Waals surface area (Å²) in [5.74, 6) is 0. The summed E-state index contributed by atoms with van der Waals surface area (Å²) in [5, 5.41) is 3.49. The van der Waals surface area contributed by atoms with Gasteiger partial charge >= 0.3 is 6.09 Å². The lowest BCUT2D eigenvalue weighted by Gasteiger charge is -2.35. The smallest absolute Gasteiger partial charge is 0.410 e. The Bertz CT molecular complexity index is 376. The van der Waals surface area contributed by atoms with Crippen LogP contribution in [0.2, 0.25) is 0 Å². The fourth-order valence-electron chi connectivity index (χ4n) is 3.02. The monoisotopic (exact) mass is 327 g/mol. The SMILES string of the molecule is CC1CCC(CNCCN2CCN(C(=O)OC(C)(C)C)CC2)O1. The zero-order chi connectivity index (χ0) is 16.9. The topological polar surface area (TPSA) is 54.0 Å². The largest absolute Gasteiger partial charge is 0.444 e. The van der Waals surface area contributed by atoms with Crippen molar-refractivity contribution in [2.24, 2.45) is 0 Å². The third kappa shape index (κ3) is 6.65. The molecule has 6 heteroatoms. The molecule has 1 amide bonds. The van der Waals surface area contributed by atoms with Crippen molar-refractivity contribution >= 4 is 6.09 Å². The molecule has 23 heavy (non-hydrogen) atoms. The van der Waals surface area contributed by atoms with Crippen LogP contribution in [0.3, 0.4) is 0 Å². The van der Waals surface area contributed by atoms with Gasteiger partial charge in [-0.25, -0.2) is 4.79 Å². The summed E-state index contributed by atoms with van der Waals surface area (Å²) in [5.41, 5.74) is -0.419. The predicted octanol–water partition coefficient (Wildman–Crippen LogP) is 1.70. The standard InChI is InChI=1S/C17H33N3O3/c1-14-5-6-15(22-14)13-18-7-8-19-9-11-20(12-10-19)16(21)23-17(2,3)4/h14-15,18H,5-13H2,1-4H3. The fourth-order valence-corrected chi connectivity index (χ4v) is 3.02. The second-order valence-corrected chi connectivity index (χ2v) is 7.66. The zero-order valence-corrected chi connectivity index (χ0v) is 15.1. The minimum absolute atomic E-state index is 0.192. The van der Waals surface area contributed by atoms with Crippen LogP contribution in [-0.4, -0.2) is 79.5 Å². The van der Waals surface area contributed by atoms with Crippen LogP contribution in [0.25, 0.3) is 0 Å². The van der Waals surface area contributed by atoms with Crippen molar-refractivity contribution < 1.29 is 14.3 Å². The molecule has 134 valence electrons. The molecule has 0 aromatic rings. The molecule has 0 spiro atoms. The van der Waals surface area contributed by atoms with Crippen LogP contribution in [0, 0.1) is 0 Å². The first-order valence-electron chi connectivity index (χ1n) is 8.90. The minimum Gasteiger partial charge on any atom is -0.444 e. The van der Waals surface area contributed by atoms with E-state index in [9.17, 15) is 4.79 Å². The van der Waals surface area contributed by atoms with Gasteiger partial charge in [-0.3, -0.25) is 4.90 Å². The molecule has 2 heterocycles. The number of hydrogen-bond donors (Lipinski definition) is 1. The van der Waals surface area contributed by atoms with Crippen molar-refractivity contribution in [2.75, 3.05) is 45.8 Å². The number of nitrogens with one attached hydrogen (secondary N) is 1. The second kappa shape index (κ2) is 8.31. The second-order valence-electron chi connectivity index (χ2n) is 7.66. The maximum Gasteiger partial charge on any atom is 0.410 e. The Morgan fingerprint density at radius 2 is 1.91 bits per heavy atom. The van der Waals surface area contributed by atoms with Gasteiger partial charge < -0.3 is 19.7 Å². The zero-order valence-electron chi connectivity index (χ0n) is 15.1. The molecule has 2 fully saturated rings. The maximum atomic E-state index is 12.0. The van der Waals surface area contributed by atoms with Crippen molar-refractivity contribution in [1.29, 1.82) is 0 Å². The first-order valence-corrected chi connectivity index (χ1v) is 8.90. The number of carbonyl (C=O) groups excluding carboxylic acids is 1. The Morgan fingerprint density at radius 3 is 2.48 bits per heavy atom. The molecule has 0 aliphatic carbocycles. The van der Waals surface area contributed by atoms with Crippen LogP contribution in [0.4, 0.5) is 4.79 Å². The molecule has 2 aliphatic rings. The van der Waals surface area contributed by atoms with E-state index >= 15 is 0 Å². The van der Waals surface area contributed by atoms with Crippen molar-refractivity contribution in [3.63, 3.8) is 0 Å². The number of carbonyl (C=O) groups is 1. The highest BCUT2D eigenvalue weighted by Gasteiger charge is 2.25. The molecule has 1 N–H and O–H groups in total. The van der Waals surface area contributed by atoms with Crippen molar-refractivity contribution in [3.8, 4) is 0 Å². The van der Waals surface area contributed by atoms with Gasteiger partial charge in [-0.15, -0.1) is 0 Å². The lowest BCUT2D eigenvalue weighted by Crippen LogP contribution is -2.51. The van der Waals surface area contributed by atoms with Gasteiger partial charge in [0.25, 0.3) is 0 Å². The van der Waals surface area contributed by atoms with Gasteiger partial charge in [-0.05, 0) is 40.5 Å². The van der Waals surface area contributed by atoms with Crippen LogP contribution in [0.1, 0.15) is 40.5 Å². The number of nitrogens with zero attached hydrogens (tertiary/aromatic N) is 2. The van der Waals surface area contributed by atoms with Crippen molar-refractivity contribution in [3.05, 3.63) is 0 Å². The van der Waals surface area contributed by atoms with Crippen molar-refractivity contribution in [2.45, 2.75) is 58.3 Å². The minimum atomic E-state index is -0.419. The average molecular weight is 327 g/mol. The van der Waals surface area contributed by atoms with Gasteiger partial charge in [0.15, 0.2) is 0 Å². The average Bonchev–Trinajstić information content (AvgIpc) is 2.88. The number of piperazine rings is 1. The Labute approximate surface area is 140 Å². The normalized spacial score (nSPS) is 26.5. The molecule has 0 aromatic carbocycles. The van der Waals surface area contributed by atoms with Crippen LogP contribution in [0.5, 0.6) is 0 Å². The van der Waals surface area contributed by atoms with E-state index < -0.39 is 5.60 Å². The number of rotatable bonds is 5. The molecule has 2 aliphatic heterocycles. The fraction of sp³-hybridized carbons (Fsp3) is 0.941. The maximum absolute atomic E-state index is 12.0. The Morgan fingerprint density at radius 1 is 1.22 bits per heavy atom. The highest BCUT2D eigenvalue weighted by Crippen LogP contribution is 2.18. The molecule has 6 nitrogen and oxygen atoms in total. The van der Waals surface area contributed by atoms with E-state index in [4.69, 9.17) is 9.47 Å². The molecule has 2 atom stereocenters. The number of ether oxygens (including phenoxy) is 2. The van der Waals surface area contributed by atoms with Gasteiger partial charge in [0.2, 0.25) is 0 Å². The number of hydrogen-bond acceptors (Lipinski definition) is 5. The molecule has 0 saturated carbocycles. The molecular formula is C17H33N3O3. The highest BCUT2D eigenvalue weighted by atomic mass is 16.6. The van der Waals surface area contributed by atoms with Crippen LogP contribution in [-0.2, 0) is 9.47 Å². The summed E-state index contributed by atoms with van der Waals surface area (Å²) in [7, 11) is 0. The van der Waals surface area contributed by atoms with Gasteiger partial charge in [-0.1, -0.05) is 0 Å². The summed E-state index contributed by atoms with van der Waals surface area (Å²) >= 11 is 0. The third-order valence-corrected chi connectivity index (χ3v) is 4.32. The van der Waals surface area contributed by atoms with E-state index in [1.165, 1.54) is 12.8 Å². The molecule has 0 radical (unpaired) electrons. The molecule has 0 aromatic heterocycles. The van der Waals surface area contributed by atoms with Gasteiger partial charge in [0.1, 0.15) is 5.60 Å². The van der Waals surface area contributed by atoms with Gasteiger partial charge in [0.05, 0.1) is 12.2 Å². The van der Waals surface area contributed by atoms with Crippen LogP contribution in [0.15, 0.2) is 0 Å². The Hall–Kier alpha value is -0.850. The van der Waals surface area contributed by atoms with E-state index in [2.05, 4.69) is 17.1 Å². The third-order valence-electron chi connectivity index (χ3n) is 4.32. The Balaban J connectivity index is 1.55. The molecular weight excluding hydrogens is 294 g/mol. The molecule has 2 saturated heterocycles. The van der Waals surface area contributed by atoms with Crippen molar-refractivity contribution in [1.82, 2.24) is 15.1 Å². The quantitative estimate of drug-likeness (QED) is 0.779. The predicted molar refractivity (Wildman–Crippen MR) is 90.7 cm³/mol. The lowest BCUT2D eigenvalue weighted by atomic mass is 10.2. The van der Waals surface area contributed by atoms with E-state index in [0.717, 1.165) is 45.8 Å².